The standard InChI is InChI=1S/C25H29ClN4O8/c1-29(2)13-7-12(28-14(31)8-26)19(32)16-10(13)5-9-6-11-18(30(3)4)21(34)17(24(27)37)23(36)25(11,38)22(35)15(9)20(16)33/h7,9,11,18,32-33,36,38H,5-6,8H2,1-4H3,(H2,27,37)(H,28,31)/t9?,11?,18-,25?/m0/s1. The van der Waals surface area contributed by atoms with Gasteiger partial charge in [-0.1, -0.05) is 0 Å². The molecule has 0 heterocycles. The Hall–Kier alpha value is -3.61. The lowest BCUT2D eigenvalue weighted by atomic mass is 9.57. The minimum atomic E-state index is -2.73. The molecule has 1 saturated carbocycles. The van der Waals surface area contributed by atoms with E-state index in [1.165, 1.54) is 25.1 Å². The molecule has 0 aliphatic heterocycles. The summed E-state index contributed by atoms with van der Waals surface area (Å²) >= 11 is 5.59. The van der Waals surface area contributed by atoms with Crippen molar-refractivity contribution in [2.24, 2.45) is 17.6 Å². The number of benzene rings is 1. The summed E-state index contributed by atoms with van der Waals surface area (Å²) < 4.78 is 0. The largest absolute Gasteiger partial charge is 0.508 e. The van der Waals surface area contributed by atoms with Gasteiger partial charge in [-0.15, -0.1) is 11.6 Å². The molecule has 1 aromatic rings. The maximum Gasteiger partial charge on any atom is 0.255 e. The van der Waals surface area contributed by atoms with Crippen molar-refractivity contribution in [2.75, 3.05) is 44.3 Å². The van der Waals surface area contributed by atoms with Gasteiger partial charge < -0.3 is 36.4 Å². The fraction of sp³-hybridized carbons (Fsp3) is 0.440. The van der Waals surface area contributed by atoms with Crippen LogP contribution in [-0.2, 0) is 25.6 Å². The van der Waals surface area contributed by atoms with E-state index < -0.39 is 75.6 Å². The monoisotopic (exact) mass is 548 g/mol. The molecule has 0 aromatic heterocycles. The van der Waals surface area contributed by atoms with E-state index in [2.05, 4.69) is 5.32 Å². The van der Waals surface area contributed by atoms with Crippen LogP contribution in [0.1, 0.15) is 17.5 Å². The van der Waals surface area contributed by atoms with E-state index in [1.807, 2.05) is 0 Å². The predicted molar refractivity (Wildman–Crippen MR) is 138 cm³/mol. The van der Waals surface area contributed by atoms with Gasteiger partial charge in [0.2, 0.25) is 11.7 Å². The number of hydrogen-bond donors (Lipinski definition) is 6. The Kier molecular flexibility index (Phi) is 6.71. The summed E-state index contributed by atoms with van der Waals surface area (Å²) in [5, 5.41) is 47.4. The van der Waals surface area contributed by atoms with Crippen LogP contribution in [0.25, 0.3) is 5.76 Å². The summed E-state index contributed by atoms with van der Waals surface area (Å²) in [6, 6.07) is 0.348. The fourth-order valence-corrected chi connectivity index (χ4v) is 6.04. The van der Waals surface area contributed by atoms with Crippen LogP contribution >= 0.6 is 11.6 Å². The number of phenols is 1. The molecular weight excluding hydrogens is 520 g/mol. The number of nitrogens with zero attached hydrogens (tertiary/aromatic N) is 2. The lowest BCUT2D eigenvalue weighted by Crippen LogP contribution is -2.65. The number of aliphatic hydroxyl groups is 3. The molecule has 3 unspecified atom stereocenters. The number of amides is 2. The average molecular weight is 549 g/mol. The molecular formula is C25H29ClN4O8. The first kappa shape index (κ1) is 27.4. The Labute approximate surface area is 223 Å². The minimum absolute atomic E-state index is 0.0237. The lowest BCUT2D eigenvalue weighted by Gasteiger charge is -2.50. The zero-order valence-corrected chi connectivity index (χ0v) is 22.0. The quantitative estimate of drug-likeness (QED) is 0.168. The third-order valence-corrected chi connectivity index (χ3v) is 7.82. The smallest absolute Gasteiger partial charge is 0.255 e. The maximum absolute atomic E-state index is 13.9. The van der Waals surface area contributed by atoms with Crippen LogP contribution in [-0.4, -0.2) is 94.4 Å². The molecule has 3 aliphatic rings. The molecule has 0 saturated heterocycles. The van der Waals surface area contributed by atoms with Crippen LogP contribution in [0.15, 0.2) is 23.0 Å². The third-order valence-electron chi connectivity index (χ3n) is 7.57. The number of alkyl halides is 1. The van der Waals surface area contributed by atoms with Gasteiger partial charge in [0.25, 0.3) is 5.91 Å². The lowest BCUT2D eigenvalue weighted by molar-refractivity contribution is -0.153. The first-order valence-corrected chi connectivity index (χ1v) is 12.3. The molecule has 0 radical (unpaired) electrons. The first-order valence-electron chi connectivity index (χ1n) is 11.7. The number of likely N-dealkylation sites (N-methyl/N-ethyl adjacent to an activating group) is 1. The molecule has 204 valence electrons. The average Bonchev–Trinajstić information content (AvgIpc) is 2.82. The van der Waals surface area contributed by atoms with Gasteiger partial charge in [0.05, 0.1) is 17.3 Å². The second kappa shape index (κ2) is 9.29. The number of halogens is 1. The van der Waals surface area contributed by atoms with E-state index in [4.69, 9.17) is 17.3 Å². The van der Waals surface area contributed by atoms with Crippen LogP contribution in [0, 0.1) is 11.8 Å². The number of nitrogens with one attached hydrogen (secondary N) is 1. The molecule has 4 rings (SSSR count). The van der Waals surface area contributed by atoms with Crippen molar-refractivity contribution in [1.29, 1.82) is 0 Å². The molecule has 1 aromatic carbocycles. The van der Waals surface area contributed by atoms with Gasteiger partial charge in [-0.3, -0.25) is 24.1 Å². The first-order chi connectivity index (χ1) is 17.7. The van der Waals surface area contributed by atoms with E-state index in [-0.39, 0.29) is 29.7 Å². The summed E-state index contributed by atoms with van der Waals surface area (Å²) in [4.78, 5) is 54.2. The third kappa shape index (κ3) is 3.74. The number of anilines is 2. The van der Waals surface area contributed by atoms with E-state index in [1.54, 1.807) is 19.0 Å². The molecule has 0 bridgehead atoms. The zero-order valence-electron chi connectivity index (χ0n) is 21.2. The van der Waals surface area contributed by atoms with Gasteiger partial charge in [-0.05, 0) is 44.5 Å². The number of carbonyl (C=O) groups is 4. The summed E-state index contributed by atoms with van der Waals surface area (Å²) in [6.07, 6.45) is 0.101. The maximum atomic E-state index is 13.9. The van der Waals surface area contributed by atoms with Crippen LogP contribution < -0.4 is 16.0 Å². The molecule has 3 aliphatic carbocycles. The summed E-state index contributed by atoms with van der Waals surface area (Å²) in [5.41, 5.74) is 2.27. The Morgan fingerprint density at radius 3 is 2.34 bits per heavy atom. The van der Waals surface area contributed by atoms with Crippen LogP contribution in [0.2, 0.25) is 0 Å². The van der Waals surface area contributed by atoms with Gasteiger partial charge in [-0.2, -0.15) is 0 Å². The van der Waals surface area contributed by atoms with Gasteiger partial charge in [-0.25, -0.2) is 0 Å². The summed E-state index contributed by atoms with van der Waals surface area (Å²) in [7, 11) is 6.51. The number of aromatic hydroxyl groups is 1. The molecule has 13 heteroatoms. The summed E-state index contributed by atoms with van der Waals surface area (Å²) in [6.45, 7) is 0. The highest BCUT2D eigenvalue weighted by atomic mass is 35.5. The highest BCUT2D eigenvalue weighted by molar-refractivity contribution is 6.29. The number of rotatable bonds is 5. The van der Waals surface area contributed by atoms with Crippen molar-refractivity contribution in [1.82, 2.24) is 4.90 Å². The minimum Gasteiger partial charge on any atom is -0.508 e. The molecule has 4 atom stereocenters. The second-order valence-corrected chi connectivity index (χ2v) is 10.5. The number of fused-ring (bicyclic) bond motifs is 3. The van der Waals surface area contributed by atoms with Crippen LogP contribution in [0.5, 0.6) is 5.75 Å². The number of Topliss-reactive ketones (excluding diaryl/α,β-unsaturated/α-hetero) is 2. The number of carbonyl (C=O) groups excluding carboxylic acids is 4. The predicted octanol–water partition coefficient (Wildman–Crippen LogP) is 0.207. The van der Waals surface area contributed by atoms with Crippen molar-refractivity contribution in [3.8, 4) is 5.75 Å². The van der Waals surface area contributed by atoms with Gasteiger partial charge in [0.1, 0.15) is 28.7 Å². The van der Waals surface area contributed by atoms with Crippen LogP contribution in [0.4, 0.5) is 11.4 Å². The Balaban J connectivity index is 1.99. The van der Waals surface area contributed by atoms with Gasteiger partial charge >= 0.3 is 0 Å². The van der Waals surface area contributed by atoms with Gasteiger partial charge in [0, 0.05) is 31.3 Å². The zero-order chi connectivity index (χ0) is 28.4. The SMILES string of the molecule is CN(C)c1cc(NC(=O)CCl)c(O)c2c1CC1CC3[C@H](N(C)C)C(=O)C(C(N)=O)=C(O)C3(O)C(=O)C1=C2O. The number of nitrogens with two attached hydrogens (primary N) is 1. The highest BCUT2D eigenvalue weighted by Gasteiger charge is 2.64. The molecule has 2 amide bonds. The molecule has 7 N–H and O–H groups in total. The Morgan fingerprint density at radius 2 is 1.82 bits per heavy atom. The number of phenolic OH excluding ortho intramolecular Hbond substituents is 1. The van der Waals surface area contributed by atoms with E-state index in [0.717, 1.165) is 0 Å². The number of aliphatic hydroxyl groups excluding tert-OH is 2. The van der Waals surface area contributed by atoms with Crippen LogP contribution in [0.3, 0.4) is 0 Å². The second-order valence-electron chi connectivity index (χ2n) is 10.2. The topological polar surface area (TPSA) is 194 Å². The van der Waals surface area contributed by atoms with Crippen molar-refractivity contribution >= 4 is 52.1 Å². The van der Waals surface area contributed by atoms with Crippen molar-refractivity contribution < 1.29 is 39.6 Å². The van der Waals surface area contributed by atoms with Crippen molar-refractivity contribution in [2.45, 2.75) is 24.5 Å². The normalized spacial score (nSPS) is 26.7. The number of ketones is 2. The van der Waals surface area contributed by atoms with Gasteiger partial charge in [0.15, 0.2) is 11.4 Å². The molecule has 0 spiro atoms. The Bertz CT molecular complexity index is 1350. The molecule has 12 nitrogen and oxygen atoms in total. The Morgan fingerprint density at radius 1 is 1.18 bits per heavy atom. The fourth-order valence-electron chi connectivity index (χ4n) is 5.97. The van der Waals surface area contributed by atoms with E-state index in [0.29, 0.717) is 11.3 Å². The number of hydrogen-bond acceptors (Lipinski definition) is 10. The highest BCUT2D eigenvalue weighted by Crippen LogP contribution is 2.54. The van der Waals surface area contributed by atoms with E-state index in [9.17, 15) is 39.6 Å². The molecule has 38 heavy (non-hydrogen) atoms. The van der Waals surface area contributed by atoms with E-state index >= 15 is 0 Å². The van der Waals surface area contributed by atoms with Crippen molar-refractivity contribution in [3.05, 3.63) is 34.1 Å². The van der Waals surface area contributed by atoms with Crippen molar-refractivity contribution in [3.63, 3.8) is 0 Å². The number of primary amides is 1. The molecule has 1 fully saturated rings. The summed E-state index contributed by atoms with van der Waals surface area (Å²) in [5.74, 6) is -8.44.